The van der Waals surface area contributed by atoms with Gasteiger partial charge in [0.2, 0.25) is 0 Å². The Morgan fingerprint density at radius 3 is 2.75 bits per heavy atom. The summed E-state index contributed by atoms with van der Waals surface area (Å²) in [6, 6.07) is 0. The topological polar surface area (TPSA) is 35.5 Å². The van der Waals surface area contributed by atoms with Crippen molar-refractivity contribution >= 4 is 5.97 Å². The van der Waals surface area contributed by atoms with E-state index in [4.69, 9.17) is 9.47 Å². The molecule has 0 spiro atoms. The molecule has 0 bridgehead atoms. The minimum atomic E-state index is -0.581. The van der Waals surface area contributed by atoms with Crippen molar-refractivity contribution in [2.75, 3.05) is 6.61 Å². The van der Waals surface area contributed by atoms with Crippen LogP contribution in [-0.4, -0.2) is 24.8 Å². The molecule has 1 aliphatic heterocycles. The van der Waals surface area contributed by atoms with Crippen LogP contribution in [0.1, 0.15) is 40.0 Å². The number of hydrogen-bond acceptors (Lipinski definition) is 3. The van der Waals surface area contributed by atoms with Crippen LogP contribution in [0.4, 0.5) is 0 Å². The second-order valence-electron chi connectivity index (χ2n) is 4.64. The van der Waals surface area contributed by atoms with Gasteiger partial charge in [-0.3, -0.25) is 4.79 Å². The Hall–Kier alpha value is -0.830. The zero-order valence-electron chi connectivity index (χ0n) is 10.5. The molecule has 16 heavy (non-hydrogen) atoms. The highest BCUT2D eigenvalue weighted by atomic mass is 16.5. The fourth-order valence-corrected chi connectivity index (χ4v) is 2.21. The second-order valence-corrected chi connectivity index (χ2v) is 4.64. The Labute approximate surface area is 97.8 Å². The molecule has 0 aromatic carbocycles. The predicted octanol–water partition coefficient (Wildman–Crippen LogP) is 2.70. The molecule has 1 saturated heterocycles. The van der Waals surface area contributed by atoms with E-state index in [0.717, 1.165) is 12.8 Å². The van der Waals surface area contributed by atoms with Crippen molar-refractivity contribution < 1.29 is 14.3 Å². The van der Waals surface area contributed by atoms with Crippen LogP contribution in [0, 0.1) is 5.41 Å². The molecular weight excluding hydrogens is 204 g/mol. The van der Waals surface area contributed by atoms with E-state index in [1.807, 2.05) is 20.8 Å². The summed E-state index contributed by atoms with van der Waals surface area (Å²) in [5, 5.41) is 0. The van der Waals surface area contributed by atoms with Crippen molar-refractivity contribution in [1.29, 1.82) is 0 Å². The van der Waals surface area contributed by atoms with Gasteiger partial charge in [-0.05, 0) is 40.0 Å². The first-order valence-electron chi connectivity index (χ1n) is 5.98. The molecule has 1 aliphatic rings. The minimum Gasteiger partial charge on any atom is -0.465 e. The van der Waals surface area contributed by atoms with Crippen molar-refractivity contribution in [1.82, 2.24) is 0 Å². The van der Waals surface area contributed by atoms with Gasteiger partial charge in [0.05, 0.1) is 24.2 Å². The number of ether oxygens (including phenoxy) is 2. The molecule has 1 rings (SSSR count). The Balaban J connectivity index is 2.78. The summed E-state index contributed by atoms with van der Waals surface area (Å²) in [5.74, 6) is -0.172. The number of hydrogen-bond donors (Lipinski definition) is 0. The summed E-state index contributed by atoms with van der Waals surface area (Å²) in [4.78, 5) is 12.0. The van der Waals surface area contributed by atoms with Gasteiger partial charge in [0.15, 0.2) is 0 Å². The number of allylic oxidation sites excluding steroid dienone is 1. The molecule has 0 radical (unpaired) electrons. The van der Waals surface area contributed by atoms with Crippen LogP contribution in [-0.2, 0) is 14.3 Å². The van der Waals surface area contributed by atoms with Gasteiger partial charge in [-0.15, -0.1) is 6.58 Å². The van der Waals surface area contributed by atoms with Crippen LogP contribution in [0.3, 0.4) is 0 Å². The van der Waals surface area contributed by atoms with E-state index in [0.29, 0.717) is 13.0 Å². The van der Waals surface area contributed by atoms with Crippen molar-refractivity contribution in [3.8, 4) is 0 Å². The number of carbonyl (C=O) groups excluding carboxylic acids is 1. The third-order valence-electron chi connectivity index (χ3n) is 3.25. The largest absolute Gasteiger partial charge is 0.465 e. The molecule has 0 aromatic heterocycles. The molecule has 3 atom stereocenters. The normalized spacial score (nSPS) is 28.4. The summed E-state index contributed by atoms with van der Waals surface area (Å²) in [6.07, 6.45) is 4.50. The van der Waals surface area contributed by atoms with Crippen LogP contribution < -0.4 is 0 Å². The van der Waals surface area contributed by atoms with E-state index in [-0.39, 0.29) is 18.2 Å². The first-order valence-corrected chi connectivity index (χ1v) is 5.98. The lowest BCUT2D eigenvalue weighted by atomic mass is 9.79. The van der Waals surface area contributed by atoms with E-state index in [1.165, 1.54) is 0 Å². The lowest BCUT2D eigenvalue weighted by Crippen LogP contribution is -2.41. The Kier molecular flexibility index (Phi) is 4.54. The third-order valence-corrected chi connectivity index (χ3v) is 3.25. The Bertz CT molecular complexity index is 262. The van der Waals surface area contributed by atoms with E-state index >= 15 is 0 Å². The molecule has 0 saturated carbocycles. The molecular formula is C13H22O3. The predicted molar refractivity (Wildman–Crippen MR) is 63.1 cm³/mol. The van der Waals surface area contributed by atoms with Crippen LogP contribution in [0.2, 0.25) is 0 Å². The van der Waals surface area contributed by atoms with Gasteiger partial charge in [0, 0.05) is 0 Å². The second kappa shape index (κ2) is 5.48. The monoisotopic (exact) mass is 226 g/mol. The average Bonchev–Trinajstić information content (AvgIpc) is 2.66. The lowest BCUT2D eigenvalue weighted by molar-refractivity contribution is -0.163. The van der Waals surface area contributed by atoms with Crippen LogP contribution in [0.25, 0.3) is 0 Å². The standard InChI is InChI=1S/C13H22O3/c1-5-9-13(4,12(14)15-6-2)11-8-7-10(3)16-11/h5,10-11H,1,6-9H2,2-4H3/t10-,11+,13-/m0/s1. The highest BCUT2D eigenvalue weighted by Crippen LogP contribution is 2.38. The van der Waals surface area contributed by atoms with Crippen molar-refractivity contribution in [3.05, 3.63) is 12.7 Å². The molecule has 3 nitrogen and oxygen atoms in total. The molecule has 0 amide bonds. The number of carbonyl (C=O) groups is 1. The van der Waals surface area contributed by atoms with Gasteiger partial charge in [0.1, 0.15) is 0 Å². The zero-order chi connectivity index (χ0) is 12.2. The van der Waals surface area contributed by atoms with Gasteiger partial charge in [-0.1, -0.05) is 6.08 Å². The maximum absolute atomic E-state index is 12.0. The quantitative estimate of drug-likeness (QED) is 0.534. The molecule has 0 unspecified atom stereocenters. The van der Waals surface area contributed by atoms with Gasteiger partial charge < -0.3 is 9.47 Å². The van der Waals surface area contributed by atoms with E-state index in [1.54, 1.807) is 6.08 Å². The van der Waals surface area contributed by atoms with Gasteiger partial charge in [-0.25, -0.2) is 0 Å². The summed E-state index contributed by atoms with van der Waals surface area (Å²) in [7, 11) is 0. The van der Waals surface area contributed by atoms with Gasteiger partial charge >= 0.3 is 5.97 Å². The third kappa shape index (κ3) is 2.64. The average molecular weight is 226 g/mol. The summed E-state index contributed by atoms with van der Waals surface area (Å²) in [6.45, 7) is 9.90. The SMILES string of the molecule is C=CC[C@](C)(C(=O)OCC)[C@H]1CC[C@H](C)O1. The Morgan fingerprint density at radius 1 is 1.62 bits per heavy atom. The fraction of sp³-hybridized carbons (Fsp3) is 0.769. The van der Waals surface area contributed by atoms with Crippen molar-refractivity contribution in [2.24, 2.45) is 5.41 Å². The minimum absolute atomic E-state index is 0.0421. The first-order chi connectivity index (χ1) is 7.54. The number of esters is 1. The summed E-state index contributed by atoms with van der Waals surface area (Å²) in [5.41, 5.74) is -0.581. The molecule has 1 heterocycles. The highest BCUT2D eigenvalue weighted by Gasteiger charge is 2.45. The van der Waals surface area contributed by atoms with Crippen molar-refractivity contribution in [3.63, 3.8) is 0 Å². The van der Waals surface area contributed by atoms with Gasteiger partial charge in [-0.2, -0.15) is 0 Å². The smallest absolute Gasteiger partial charge is 0.314 e. The first kappa shape index (κ1) is 13.2. The van der Waals surface area contributed by atoms with E-state index in [9.17, 15) is 4.79 Å². The molecule has 1 fully saturated rings. The highest BCUT2D eigenvalue weighted by molar-refractivity contribution is 5.77. The Morgan fingerprint density at radius 2 is 2.31 bits per heavy atom. The zero-order valence-corrected chi connectivity index (χ0v) is 10.5. The van der Waals surface area contributed by atoms with E-state index < -0.39 is 5.41 Å². The molecule has 0 aliphatic carbocycles. The maximum atomic E-state index is 12.0. The van der Waals surface area contributed by atoms with Crippen LogP contribution >= 0.6 is 0 Å². The number of rotatable bonds is 5. The lowest BCUT2D eigenvalue weighted by Gasteiger charge is -2.31. The fourth-order valence-electron chi connectivity index (χ4n) is 2.21. The van der Waals surface area contributed by atoms with Crippen molar-refractivity contribution in [2.45, 2.75) is 52.2 Å². The van der Waals surface area contributed by atoms with Crippen LogP contribution in [0.15, 0.2) is 12.7 Å². The van der Waals surface area contributed by atoms with Gasteiger partial charge in [0.25, 0.3) is 0 Å². The molecule has 3 heteroatoms. The summed E-state index contributed by atoms with van der Waals surface area (Å²) >= 11 is 0. The molecule has 0 N–H and O–H groups in total. The summed E-state index contributed by atoms with van der Waals surface area (Å²) < 4.78 is 10.9. The molecule has 0 aromatic rings. The molecule has 92 valence electrons. The maximum Gasteiger partial charge on any atom is 0.314 e. The van der Waals surface area contributed by atoms with Crippen LogP contribution in [0.5, 0.6) is 0 Å². The van der Waals surface area contributed by atoms with E-state index in [2.05, 4.69) is 6.58 Å².